The predicted molar refractivity (Wildman–Crippen MR) is 80.5 cm³/mol. The van der Waals surface area contributed by atoms with E-state index in [1.54, 1.807) is 25.1 Å². The van der Waals surface area contributed by atoms with E-state index in [1.165, 1.54) is 0 Å². The van der Waals surface area contributed by atoms with Crippen LogP contribution in [-0.4, -0.2) is 18.4 Å². The lowest BCUT2D eigenvalue weighted by atomic mass is 10.0. The van der Waals surface area contributed by atoms with Gasteiger partial charge in [0, 0.05) is 23.4 Å². The Morgan fingerprint density at radius 2 is 1.80 bits per heavy atom. The molecule has 0 amide bonds. The van der Waals surface area contributed by atoms with Crippen LogP contribution in [0.2, 0.25) is 10.0 Å². The van der Waals surface area contributed by atoms with Gasteiger partial charge >= 0.3 is 5.97 Å². The number of carbonyl (C=O) groups is 2. The minimum Gasteiger partial charge on any atom is -0.466 e. The summed E-state index contributed by atoms with van der Waals surface area (Å²) in [4.78, 5) is 23.1. The molecular weight excluding hydrogens is 299 g/mol. The molecule has 20 heavy (non-hydrogen) atoms. The van der Waals surface area contributed by atoms with Crippen molar-refractivity contribution in [2.45, 2.75) is 39.0 Å². The van der Waals surface area contributed by atoms with Crippen molar-refractivity contribution >= 4 is 35.0 Å². The molecule has 1 rings (SSSR count). The highest BCUT2D eigenvalue weighted by Gasteiger charge is 2.11. The van der Waals surface area contributed by atoms with Gasteiger partial charge in [0.1, 0.15) is 0 Å². The highest BCUT2D eigenvalue weighted by molar-refractivity contribution is 6.35. The Labute approximate surface area is 129 Å². The minimum absolute atomic E-state index is 0.0198. The van der Waals surface area contributed by atoms with Gasteiger partial charge in [-0.25, -0.2) is 0 Å². The molecule has 110 valence electrons. The second-order valence-electron chi connectivity index (χ2n) is 4.41. The first-order chi connectivity index (χ1) is 9.54. The molecule has 0 N–H and O–H groups in total. The molecule has 1 aromatic carbocycles. The maximum Gasteiger partial charge on any atom is 0.305 e. The molecule has 0 bridgehead atoms. The van der Waals surface area contributed by atoms with E-state index < -0.39 is 0 Å². The highest BCUT2D eigenvalue weighted by atomic mass is 35.5. The topological polar surface area (TPSA) is 43.4 Å². The van der Waals surface area contributed by atoms with Gasteiger partial charge in [0.05, 0.1) is 11.6 Å². The number of hydrogen-bond acceptors (Lipinski definition) is 3. The molecule has 0 aliphatic carbocycles. The van der Waals surface area contributed by atoms with E-state index in [1.807, 2.05) is 0 Å². The monoisotopic (exact) mass is 316 g/mol. The minimum atomic E-state index is -0.184. The van der Waals surface area contributed by atoms with Crippen LogP contribution < -0.4 is 0 Å². The van der Waals surface area contributed by atoms with Crippen LogP contribution in [0.1, 0.15) is 49.4 Å². The molecule has 5 heteroatoms. The Hall–Kier alpha value is -1.06. The van der Waals surface area contributed by atoms with Crippen LogP contribution in [0.5, 0.6) is 0 Å². The number of Topliss-reactive ketones (excluding diaryl/α,β-unsaturated/α-hetero) is 1. The zero-order chi connectivity index (χ0) is 15.0. The number of carbonyl (C=O) groups excluding carboxylic acids is 2. The zero-order valence-corrected chi connectivity index (χ0v) is 13.0. The summed E-state index contributed by atoms with van der Waals surface area (Å²) in [5.74, 6) is -0.203. The van der Waals surface area contributed by atoms with Crippen molar-refractivity contribution in [1.29, 1.82) is 0 Å². The van der Waals surface area contributed by atoms with Crippen LogP contribution in [-0.2, 0) is 9.53 Å². The third-order valence-electron chi connectivity index (χ3n) is 2.82. The van der Waals surface area contributed by atoms with Gasteiger partial charge in [-0.2, -0.15) is 0 Å². The molecule has 0 radical (unpaired) electrons. The fraction of sp³-hybridized carbons (Fsp3) is 0.467. The fourth-order valence-electron chi connectivity index (χ4n) is 1.81. The molecule has 0 aliphatic heterocycles. The Morgan fingerprint density at radius 3 is 2.50 bits per heavy atom. The Balaban J connectivity index is 2.30. The smallest absolute Gasteiger partial charge is 0.305 e. The quantitative estimate of drug-likeness (QED) is 0.397. The van der Waals surface area contributed by atoms with Gasteiger partial charge in [-0.15, -0.1) is 0 Å². The van der Waals surface area contributed by atoms with Gasteiger partial charge in [0.25, 0.3) is 0 Å². The average molecular weight is 317 g/mol. The zero-order valence-electron chi connectivity index (χ0n) is 11.5. The normalized spacial score (nSPS) is 10.3. The van der Waals surface area contributed by atoms with E-state index in [0.29, 0.717) is 35.1 Å². The predicted octanol–water partition coefficient (Wildman–Crippen LogP) is 4.69. The Bertz CT molecular complexity index is 472. The largest absolute Gasteiger partial charge is 0.466 e. The van der Waals surface area contributed by atoms with E-state index in [9.17, 15) is 9.59 Å². The van der Waals surface area contributed by atoms with Gasteiger partial charge in [0.15, 0.2) is 5.78 Å². The lowest BCUT2D eigenvalue weighted by Gasteiger charge is -2.04. The molecule has 3 nitrogen and oxygen atoms in total. The third kappa shape index (κ3) is 5.93. The second-order valence-corrected chi connectivity index (χ2v) is 5.26. The number of ether oxygens (including phenoxy) is 1. The molecule has 0 heterocycles. The van der Waals surface area contributed by atoms with Crippen molar-refractivity contribution in [2.75, 3.05) is 6.61 Å². The second kappa shape index (κ2) is 8.98. The van der Waals surface area contributed by atoms with Crippen molar-refractivity contribution < 1.29 is 14.3 Å². The summed E-state index contributed by atoms with van der Waals surface area (Å²) in [6.07, 6.45) is 3.07. The highest BCUT2D eigenvalue weighted by Crippen LogP contribution is 2.22. The lowest BCUT2D eigenvalue weighted by Crippen LogP contribution is -2.04. The first-order valence-corrected chi connectivity index (χ1v) is 7.44. The summed E-state index contributed by atoms with van der Waals surface area (Å²) < 4.78 is 4.83. The van der Waals surface area contributed by atoms with Gasteiger partial charge in [0.2, 0.25) is 0 Å². The maximum absolute atomic E-state index is 12.0. The third-order valence-corrected chi connectivity index (χ3v) is 3.38. The molecule has 0 aliphatic rings. The molecule has 0 atom stereocenters. The number of hydrogen-bond donors (Lipinski definition) is 0. The van der Waals surface area contributed by atoms with E-state index in [2.05, 4.69) is 0 Å². The van der Waals surface area contributed by atoms with E-state index >= 15 is 0 Å². The van der Waals surface area contributed by atoms with Crippen molar-refractivity contribution in [3.8, 4) is 0 Å². The molecule has 0 fully saturated rings. The molecule has 0 unspecified atom stereocenters. The maximum atomic E-state index is 12.0. The van der Waals surface area contributed by atoms with Crippen molar-refractivity contribution in [3.05, 3.63) is 33.8 Å². The summed E-state index contributed by atoms with van der Waals surface area (Å²) in [6, 6.07) is 4.86. The first kappa shape index (κ1) is 17.0. The molecule has 0 spiro atoms. The number of benzene rings is 1. The molecule has 0 saturated carbocycles. The summed E-state index contributed by atoms with van der Waals surface area (Å²) in [7, 11) is 0. The summed E-state index contributed by atoms with van der Waals surface area (Å²) in [6.45, 7) is 2.19. The van der Waals surface area contributed by atoms with Crippen LogP contribution >= 0.6 is 23.2 Å². The number of halogens is 2. The van der Waals surface area contributed by atoms with Gasteiger partial charge in [-0.3, -0.25) is 9.59 Å². The molecular formula is C15H18Cl2O3. The lowest BCUT2D eigenvalue weighted by molar-refractivity contribution is -0.143. The van der Waals surface area contributed by atoms with Crippen LogP contribution in [0.4, 0.5) is 0 Å². The Morgan fingerprint density at radius 1 is 1.10 bits per heavy atom. The first-order valence-electron chi connectivity index (χ1n) is 6.68. The molecule has 0 aromatic heterocycles. The number of unbranched alkanes of at least 4 members (excludes halogenated alkanes) is 2. The van der Waals surface area contributed by atoms with Gasteiger partial charge in [-0.1, -0.05) is 29.6 Å². The number of ketones is 1. The SMILES string of the molecule is CCOC(=O)CCCCCC(=O)c1cc(Cl)ccc1Cl. The van der Waals surface area contributed by atoms with Crippen molar-refractivity contribution in [2.24, 2.45) is 0 Å². The van der Waals surface area contributed by atoms with E-state index in [4.69, 9.17) is 27.9 Å². The Kier molecular flexibility index (Phi) is 7.63. The molecule has 0 saturated heterocycles. The summed E-state index contributed by atoms with van der Waals surface area (Å²) >= 11 is 11.8. The summed E-state index contributed by atoms with van der Waals surface area (Å²) in [5, 5.41) is 0.922. The van der Waals surface area contributed by atoms with Gasteiger partial charge in [-0.05, 0) is 38.0 Å². The fourth-order valence-corrected chi connectivity index (χ4v) is 2.21. The van der Waals surface area contributed by atoms with Crippen LogP contribution in [0.3, 0.4) is 0 Å². The summed E-state index contributed by atoms with van der Waals surface area (Å²) in [5.41, 5.74) is 0.463. The molecule has 1 aromatic rings. The standard InChI is InChI=1S/C15H18Cl2O3/c1-2-20-15(19)7-5-3-4-6-14(18)12-10-11(16)8-9-13(12)17/h8-10H,2-7H2,1H3. The van der Waals surface area contributed by atoms with Gasteiger partial charge < -0.3 is 4.74 Å². The van der Waals surface area contributed by atoms with E-state index in [0.717, 1.165) is 19.3 Å². The number of esters is 1. The average Bonchev–Trinajstić information content (AvgIpc) is 2.41. The van der Waals surface area contributed by atoms with Crippen LogP contribution in [0.15, 0.2) is 18.2 Å². The van der Waals surface area contributed by atoms with Crippen LogP contribution in [0, 0.1) is 0 Å². The van der Waals surface area contributed by atoms with Crippen LogP contribution in [0.25, 0.3) is 0 Å². The van der Waals surface area contributed by atoms with Crippen molar-refractivity contribution in [3.63, 3.8) is 0 Å². The van der Waals surface area contributed by atoms with E-state index in [-0.39, 0.29) is 11.8 Å². The van der Waals surface area contributed by atoms with Crippen molar-refractivity contribution in [1.82, 2.24) is 0 Å². The number of rotatable bonds is 8.